The van der Waals surface area contributed by atoms with Crippen LogP contribution >= 0.6 is 38.6 Å². The maximum atomic E-state index is 12.2. The summed E-state index contributed by atoms with van der Waals surface area (Å²) in [4.78, 5) is 28.7. The fourth-order valence-electron chi connectivity index (χ4n) is 2.29. The Bertz CT molecular complexity index is 919. The highest BCUT2D eigenvalue weighted by Crippen LogP contribution is 2.31. The molecule has 0 aliphatic carbocycles. The second-order valence-electron chi connectivity index (χ2n) is 5.55. The van der Waals surface area contributed by atoms with Gasteiger partial charge in [0.25, 0.3) is 5.91 Å². The number of thiophene rings is 1. The summed E-state index contributed by atoms with van der Waals surface area (Å²) >= 11 is 6.48. The number of amides is 2. The summed E-state index contributed by atoms with van der Waals surface area (Å²) in [6.07, 6.45) is 0.709. The van der Waals surface area contributed by atoms with Gasteiger partial charge in [-0.1, -0.05) is 12.1 Å². The van der Waals surface area contributed by atoms with Gasteiger partial charge >= 0.3 is 0 Å². The van der Waals surface area contributed by atoms with Crippen LogP contribution in [0.3, 0.4) is 0 Å². The normalized spacial score (nSPS) is 10.5. The summed E-state index contributed by atoms with van der Waals surface area (Å²) in [7, 11) is 0. The first-order chi connectivity index (χ1) is 12.5. The van der Waals surface area contributed by atoms with E-state index in [1.54, 1.807) is 16.7 Å². The van der Waals surface area contributed by atoms with Gasteiger partial charge in [0.05, 0.1) is 4.88 Å². The molecular weight excluding hydrogens is 434 g/mol. The van der Waals surface area contributed by atoms with Gasteiger partial charge in [-0.15, -0.1) is 22.7 Å². The van der Waals surface area contributed by atoms with Gasteiger partial charge < -0.3 is 10.6 Å². The molecule has 0 radical (unpaired) electrons. The highest BCUT2D eigenvalue weighted by molar-refractivity contribution is 9.10. The van der Waals surface area contributed by atoms with Crippen molar-refractivity contribution in [3.05, 3.63) is 56.8 Å². The van der Waals surface area contributed by atoms with Gasteiger partial charge in [-0.2, -0.15) is 0 Å². The molecule has 1 aromatic carbocycles. The van der Waals surface area contributed by atoms with Gasteiger partial charge in [-0.05, 0) is 46.1 Å². The first-order valence-corrected chi connectivity index (χ1v) is 10.4. The van der Waals surface area contributed by atoms with Crippen LogP contribution in [0.5, 0.6) is 0 Å². The number of nitrogens with zero attached hydrogens (tertiary/aromatic N) is 1. The summed E-state index contributed by atoms with van der Waals surface area (Å²) in [5, 5.41) is 10.2. The van der Waals surface area contributed by atoms with E-state index in [9.17, 15) is 9.59 Å². The number of anilines is 1. The Morgan fingerprint density at radius 1 is 1.15 bits per heavy atom. The van der Waals surface area contributed by atoms with E-state index < -0.39 is 0 Å². The van der Waals surface area contributed by atoms with Gasteiger partial charge in [0, 0.05) is 34.4 Å². The van der Waals surface area contributed by atoms with Crippen molar-refractivity contribution in [1.29, 1.82) is 0 Å². The fraction of sp³-hybridized carbons (Fsp3) is 0.167. The molecule has 3 aromatic rings. The number of nitrogens with one attached hydrogen (secondary N) is 2. The van der Waals surface area contributed by atoms with E-state index >= 15 is 0 Å². The summed E-state index contributed by atoms with van der Waals surface area (Å²) in [5.74, 6) is -0.263. The molecule has 2 heterocycles. The van der Waals surface area contributed by atoms with E-state index in [1.807, 2.05) is 35.7 Å². The van der Waals surface area contributed by atoms with Crippen LogP contribution in [-0.4, -0.2) is 23.3 Å². The number of aromatic nitrogens is 1. The zero-order valence-corrected chi connectivity index (χ0v) is 17.1. The Morgan fingerprint density at radius 2 is 1.92 bits per heavy atom. The SMILES string of the molecule is CC(=O)Nc1ccc(CCNC(=O)c2csc(-c3cc(Br)cs3)n2)cc1. The third-order valence-corrected chi connectivity index (χ3v) is 6.19. The van der Waals surface area contributed by atoms with Crippen LogP contribution in [-0.2, 0) is 11.2 Å². The molecular formula is C18H16BrN3O2S2. The van der Waals surface area contributed by atoms with Crippen molar-refractivity contribution < 1.29 is 9.59 Å². The maximum absolute atomic E-state index is 12.2. The highest BCUT2D eigenvalue weighted by Gasteiger charge is 2.12. The zero-order chi connectivity index (χ0) is 18.5. The molecule has 0 atom stereocenters. The summed E-state index contributed by atoms with van der Waals surface area (Å²) in [6, 6.07) is 9.57. The lowest BCUT2D eigenvalue weighted by molar-refractivity contribution is -0.114. The van der Waals surface area contributed by atoms with Crippen LogP contribution < -0.4 is 10.6 Å². The Hall–Kier alpha value is -2.03. The molecule has 2 N–H and O–H groups in total. The number of thiazole rings is 1. The second-order valence-corrected chi connectivity index (χ2v) is 8.24. The van der Waals surface area contributed by atoms with E-state index in [0.717, 1.165) is 25.6 Å². The quantitative estimate of drug-likeness (QED) is 0.578. The molecule has 0 saturated heterocycles. The molecule has 26 heavy (non-hydrogen) atoms. The smallest absolute Gasteiger partial charge is 0.270 e. The minimum absolute atomic E-state index is 0.0949. The van der Waals surface area contributed by atoms with Gasteiger partial charge in [-0.3, -0.25) is 9.59 Å². The van der Waals surface area contributed by atoms with E-state index in [2.05, 4.69) is 31.5 Å². The van der Waals surface area contributed by atoms with Crippen molar-refractivity contribution in [2.24, 2.45) is 0 Å². The predicted octanol–water partition coefficient (Wildman–Crippen LogP) is 4.57. The molecule has 0 aliphatic rings. The topological polar surface area (TPSA) is 71.1 Å². The van der Waals surface area contributed by atoms with Crippen LogP contribution in [0.2, 0.25) is 0 Å². The molecule has 0 bridgehead atoms. The number of carbonyl (C=O) groups excluding carboxylic acids is 2. The van der Waals surface area contributed by atoms with Gasteiger partial charge in [0.2, 0.25) is 5.91 Å². The number of rotatable bonds is 6. The maximum Gasteiger partial charge on any atom is 0.270 e. The lowest BCUT2D eigenvalue weighted by Gasteiger charge is -2.06. The number of hydrogen-bond acceptors (Lipinski definition) is 5. The van der Waals surface area contributed by atoms with E-state index in [-0.39, 0.29) is 11.8 Å². The molecule has 0 spiro atoms. The average molecular weight is 450 g/mol. The average Bonchev–Trinajstić information content (AvgIpc) is 3.25. The molecule has 3 rings (SSSR count). The minimum Gasteiger partial charge on any atom is -0.350 e. The monoisotopic (exact) mass is 449 g/mol. The summed E-state index contributed by atoms with van der Waals surface area (Å²) in [5.41, 5.74) is 2.29. The Morgan fingerprint density at radius 3 is 2.58 bits per heavy atom. The van der Waals surface area contributed by atoms with Crippen molar-refractivity contribution in [3.63, 3.8) is 0 Å². The molecule has 0 saturated carbocycles. The molecule has 0 unspecified atom stereocenters. The highest BCUT2D eigenvalue weighted by atomic mass is 79.9. The summed E-state index contributed by atoms with van der Waals surface area (Å²) in [6.45, 7) is 2.00. The van der Waals surface area contributed by atoms with Crippen molar-refractivity contribution in [2.75, 3.05) is 11.9 Å². The predicted molar refractivity (Wildman–Crippen MR) is 110 cm³/mol. The van der Waals surface area contributed by atoms with Crippen LogP contribution in [0.25, 0.3) is 9.88 Å². The van der Waals surface area contributed by atoms with Gasteiger partial charge in [0.15, 0.2) is 0 Å². The molecule has 0 fully saturated rings. The Labute approximate surface area is 167 Å². The molecule has 5 nitrogen and oxygen atoms in total. The van der Waals surface area contributed by atoms with E-state index in [1.165, 1.54) is 18.3 Å². The van der Waals surface area contributed by atoms with Crippen LogP contribution in [0.4, 0.5) is 5.69 Å². The molecule has 134 valence electrons. The number of carbonyl (C=O) groups is 2. The van der Waals surface area contributed by atoms with Crippen LogP contribution in [0.1, 0.15) is 23.0 Å². The largest absolute Gasteiger partial charge is 0.350 e. The lowest BCUT2D eigenvalue weighted by Crippen LogP contribution is -2.25. The van der Waals surface area contributed by atoms with Gasteiger partial charge in [-0.25, -0.2) is 4.98 Å². The molecule has 2 amide bonds. The number of hydrogen-bond donors (Lipinski definition) is 2. The van der Waals surface area contributed by atoms with E-state index in [0.29, 0.717) is 18.7 Å². The van der Waals surface area contributed by atoms with Crippen LogP contribution in [0, 0.1) is 0 Å². The lowest BCUT2D eigenvalue weighted by atomic mass is 10.1. The second kappa shape index (κ2) is 8.57. The molecule has 2 aromatic heterocycles. The van der Waals surface area contributed by atoms with Gasteiger partial charge in [0.1, 0.15) is 10.7 Å². The number of benzene rings is 1. The van der Waals surface area contributed by atoms with Crippen molar-refractivity contribution in [3.8, 4) is 9.88 Å². The Balaban J connectivity index is 1.51. The summed E-state index contributed by atoms with van der Waals surface area (Å²) < 4.78 is 1.02. The molecule has 0 aliphatic heterocycles. The number of halogens is 1. The third-order valence-electron chi connectivity index (χ3n) is 3.49. The fourth-order valence-corrected chi connectivity index (χ4v) is 4.59. The Kier molecular flexibility index (Phi) is 6.18. The van der Waals surface area contributed by atoms with Crippen molar-refractivity contribution >= 4 is 56.1 Å². The minimum atomic E-state index is -0.169. The first kappa shape index (κ1) is 18.8. The third kappa shape index (κ3) is 5.00. The standard InChI is InChI=1S/C18H16BrN3O2S2/c1-11(23)21-14-4-2-12(3-5-14)6-7-20-17(24)15-10-26-18(22-15)16-8-13(19)9-25-16/h2-5,8-10H,6-7H2,1H3,(H,20,24)(H,21,23). The first-order valence-electron chi connectivity index (χ1n) is 7.86. The van der Waals surface area contributed by atoms with E-state index in [4.69, 9.17) is 0 Å². The zero-order valence-electron chi connectivity index (χ0n) is 13.9. The van der Waals surface area contributed by atoms with Crippen molar-refractivity contribution in [1.82, 2.24) is 10.3 Å². The molecule has 8 heteroatoms. The van der Waals surface area contributed by atoms with Crippen LogP contribution in [0.15, 0.2) is 45.6 Å². The van der Waals surface area contributed by atoms with Crippen molar-refractivity contribution in [2.45, 2.75) is 13.3 Å².